The standard InChI is InChI=1S/C17H26O2/c1-2-3-4-5-6-7-8-9-10-11-12-13-14-15-16-17(18)19/h2,7-16H2,1H3,(H,18,19). The second-order valence-corrected chi connectivity index (χ2v) is 4.68. The third-order valence-corrected chi connectivity index (χ3v) is 2.86. The molecule has 0 heterocycles. The lowest BCUT2D eigenvalue weighted by molar-refractivity contribution is -0.137. The summed E-state index contributed by atoms with van der Waals surface area (Å²) in [6, 6.07) is 0. The van der Waals surface area contributed by atoms with Crippen molar-refractivity contribution in [1.29, 1.82) is 0 Å². The number of hydrogen-bond acceptors (Lipinski definition) is 1. The van der Waals surface area contributed by atoms with Crippen LogP contribution >= 0.6 is 0 Å². The lowest BCUT2D eigenvalue weighted by atomic mass is 10.1. The van der Waals surface area contributed by atoms with Crippen molar-refractivity contribution < 1.29 is 9.90 Å². The molecule has 0 aliphatic heterocycles. The van der Waals surface area contributed by atoms with Crippen molar-refractivity contribution in [2.75, 3.05) is 0 Å². The molecule has 0 atom stereocenters. The Kier molecular flexibility index (Phi) is 13.6. The predicted octanol–water partition coefficient (Wildman–Crippen LogP) is 4.39. The molecule has 0 amide bonds. The van der Waals surface area contributed by atoms with Crippen LogP contribution < -0.4 is 0 Å². The molecule has 0 aromatic rings. The molecule has 0 fully saturated rings. The summed E-state index contributed by atoms with van der Waals surface area (Å²) in [6.07, 6.45) is 11.4. The van der Waals surface area contributed by atoms with E-state index in [0.29, 0.717) is 6.42 Å². The number of carbonyl (C=O) groups is 1. The summed E-state index contributed by atoms with van der Waals surface area (Å²) in [7, 11) is 0. The van der Waals surface area contributed by atoms with Gasteiger partial charge in [-0.2, -0.15) is 0 Å². The zero-order valence-electron chi connectivity index (χ0n) is 12.1. The minimum Gasteiger partial charge on any atom is -0.481 e. The Balaban J connectivity index is 3.14. The Morgan fingerprint density at radius 1 is 0.842 bits per heavy atom. The fourth-order valence-electron chi connectivity index (χ4n) is 1.79. The number of carboxylic acids is 1. The maximum absolute atomic E-state index is 10.3. The van der Waals surface area contributed by atoms with Crippen molar-refractivity contribution in [1.82, 2.24) is 0 Å². The van der Waals surface area contributed by atoms with Crippen LogP contribution in [0.2, 0.25) is 0 Å². The van der Waals surface area contributed by atoms with Crippen LogP contribution in [-0.4, -0.2) is 11.1 Å². The lowest BCUT2D eigenvalue weighted by Gasteiger charge is -2.00. The summed E-state index contributed by atoms with van der Waals surface area (Å²) in [5.41, 5.74) is 0. The van der Waals surface area contributed by atoms with Gasteiger partial charge in [-0.1, -0.05) is 57.3 Å². The van der Waals surface area contributed by atoms with E-state index in [2.05, 4.69) is 23.7 Å². The Morgan fingerprint density at radius 3 is 1.95 bits per heavy atom. The highest BCUT2D eigenvalue weighted by molar-refractivity contribution is 5.66. The smallest absolute Gasteiger partial charge is 0.303 e. The van der Waals surface area contributed by atoms with Gasteiger partial charge in [0.15, 0.2) is 0 Å². The number of rotatable bonds is 10. The zero-order chi connectivity index (χ0) is 14.2. The molecule has 0 aromatic carbocycles. The zero-order valence-corrected chi connectivity index (χ0v) is 12.1. The molecule has 0 saturated heterocycles. The van der Waals surface area contributed by atoms with Gasteiger partial charge in [-0.25, -0.2) is 0 Å². The van der Waals surface area contributed by atoms with E-state index in [-0.39, 0.29) is 0 Å². The van der Waals surface area contributed by atoms with Gasteiger partial charge in [0.05, 0.1) is 0 Å². The first kappa shape index (κ1) is 17.6. The molecular weight excluding hydrogens is 236 g/mol. The molecule has 0 unspecified atom stereocenters. The molecule has 19 heavy (non-hydrogen) atoms. The average Bonchev–Trinajstić information content (AvgIpc) is 2.39. The topological polar surface area (TPSA) is 37.3 Å². The lowest BCUT2D eigenvalue weighted by Crippen LogP contribution is -1.93. The van der Waals surface area contributed by atoms with Gasteiger partial charge >= 0.3 is 5.97 Å². The molecule has 0 bridgehead atoms. The van der Waals surface area contributed by atoms with Crippen LogP contribution in [0.1, 0.15) is 77.6 Å². The summed E-state index contributed by atoms with van der Waals surface area (Å²) < 4.78 is 0. The second-order valence-electron chi connectivity index (χ2n) is 4.68. The van der Waals surface area contributed by atoms with Crippen molar-refractivity contribution >= 4 is 5.97 Å². The molecular formula is C17H26O2. The number of unbranched alkanes of at least 4 members (excludes halogenated alkanes) is 8. The highest BCUT2D eigenvalue weighted by Gasteiger charge is 1.96. The van der Waals surface area contributed by atoms with Gasteiger partial charge in [0.2, 0.25) is 0 Å². The molecule has 0 aliphatic carbocycles. The van der Waals surface area contributed by atoms with Crippen molar-refractivity contribution in [3.63, 3.8) is 0 Å². The molecule has 1 N–H and O–H groups in total. The van der Waals surface area contributed by atoms with E-state index >= 15 is 0 Å². The molecule has 0 aromatic heterocycles. The number of hydrogen-bond donors (Lipinski definition) is 1. The quantitative estimate of drug-likeness (QED) is 0.468. The summed E-state index contributed by atoms with van der Waals surface area (Å²) in [4.78, 5) is 10.3. The molecule has 0 radical (unpaired) electrons. The van der Waals surface area contributed by atoms with Gasteiger partial charge in [0.1, 0.15) is 0 Å². The minimum absolute atomic E-state index is 0.319. The molecule has 106 valence electrons. The van der Waals surface area contributed by atoms with E-state index in [9.17, 15) is 4.79 Å². The van der Waals surface area contributed by atoms with E-state index in [1.807, 2.05) is 6.92 Å². The molecule has 0 aliphatic rings. The Hall–Kier alpha value is -1.41. The highest BCUT2D eigenvalue weighted by Crippen LogP contribution is 2.10. The summed E-state index contributed by atoms with van der Waals surface area (Å²) >= 11 is 0. The first-order chi connectivity index (χ1) is 9.27. The van der Waals surface area contributed by atoms with Crippen LogP contribution in [-0.2, 0) is 4.79 Å². The van der Waals surface area contributed by atoms with E-state index in [1.165, 1.54) is 38.5 Å². The predicted molar refractivity (Wildman–Crippen MR) is 79.6 cm³/mol. The molecule has 2 heteroatoms. The van der Waals surface area contributed by atoms with Gasteiger partial charge in [-0.3, -0.25) is 4.79 Å². The maximum Gasteiger partial charge on any atom is 0.303 e. The van der Waals surface area contributed by atoms with Gasteiger partial charge in [0, 0.05) is 19.3 Å². The van der Waals surface area contributed by atoms with E-state index in [0.717, 1.165) is 25.7 Å². The van der Waals surface area contributed by atoms with Crippen LogP contribution in [0.25, 0.3) is 0 Å². The van der Waals surface area contributed by atoms with Crippen molar-refractivity contribution in [3.05, 3.63) is 0 Å². The van der Waals surface area contributed by atoms with Gasteiger partial charge in [-0.05, 0) is 24.7 Å². The normalized spacial score (nSPS) is 9.11. The van der Waals surface area contributed by atoms with E-state index in [4.69, 9.17) is 5.11 Å². The Labute approximate surface area is 118 Å². The molecule has 0 rings (SSSR count). The van der Waals surface area contributed by atoms with Gasteiger partial charge in [0.25, 0.3) is 0 Å². The SMILES string of the molecule is CCC#CC#CCCCCCCCCCCC(=O)O. The van der Waals surface area contributed by atoms with Crippen LogP contribution in [0, 0.1) is 23.7 Å². The second kappa shape index (κ2) is 14.7. The molecule has 2 nitrogen and oxygen atoms in total. The Bertz CT molecular complexity index is 336. The van der Waals surface area contributed by atoms with Crippen molar-refractivity contribution in [3.8, 4) is 23.7 Å². The van der Waals surface area contributed by atoms with E-state index in [1.54, 1.807) is 0 Å². The Morgan fingerprint density at radius 2 is 1.37 bits per heavy atom. The van der Waals surface area contributed by atoms with Crippen molar-refractivity contribution in [2.24, 2.45) is 0 Å². The van der Waals surface area contributed by atoms with Crippen LogP contribution in [0.4, 0.5) is 0 Å². The average molecular weight is 262 g/mol. The van der Waals surface area contributed by atoms with Crippen LogP contribution in [0.3, 0.4) is 0 Å². The number of carboxylic acid groups (broad SMARTS) is 1. The highest BCUT2D eigenvalue weighted by atomic mass is 16.4. The largest absolute Gasteiger partial charge is 0.481 e. The molecule has 0 spiro atoms. The van der Waals surface area contributed by atoms with Crippen LogP contribution in [0.15, 0.2) is 0 Å². The summed E-state index contributed by atoms with van der Waals surface area (Å²) in [6.45, 7) is 2.02. The number of aliphatic carboxylic acids is 1. The fourth-order valence-corrected chi connectivity index (χ4v) is 1.79. The van der Waals surface area contributed by atoms with Gasteiger partial charge in [-0.15, -0.1) is 0 Å². The van der Waals surface area contributed by atoms with Gasteiger partial charge < -0.3 is 5.11 Å². The van der Waals surface area contributed by atoms with Crippen molar-refractivity contribution in [2.45, 2.75) is 77.6 Å². The maximum atomic E-state index is 10.3. The van der Waals surface area contributed by atoms with E-state index < -0.39 is 5.97 Å². The third-order valence-electron chi connectivity index (χ3n) is 2.86. The monoisotopic (exact) mass is 262 g/mol. The summed E-state index contributed by atoms with van der Waals surface area (Å²) in [5.74, 6) is 11.0. The first-order valence-electron chi connectivity index (χ1n) is 7.45. The molecule has 0 saturated carbocycles. The fraction of sp³-hybridized carbons (Fsp3) is 0.706. The third kappa shape index (κ3) is 16.6. The van der Waals surface area contributed by atoms with Crippen LogP contribution in [0.5, 0.6) is 0 Å². The summed E-state index contributed by atoms with van der Waals surface area (Å²) in [5, 5.41) is 8.49. The first-order valence-corrected chi connectivity index (χ1v) is 7.45. The minimum atomic E-state index is -0.676.